The van der Waals surface area contributed by atoms with Gasteiger partial charge in [-0.05, 0) is 63.0 Å². The van der Waals surface area contributed by atoms with Crippen molar-refractivity contribution >= 4 is 11.6 Å². The normalized spacial score (nSPS) is 10.7. The second-order valence-electron chi connectivity index (χ2n) is 8.18. The molecular formula is C27H33N3O4. The molecule has 1 aromatic heterocycles. The molecule has 0 radical (unpaired) electrons. The highest BCUT2D eigenvalue weighted by molar-refractivity contribution is 5.91. The molecule has 1 heterocycles. The van der Waals surface area contributed by atoms with Crippen LogP contribution in [0.3, 0.4) is 0 Å². The number of benzene rings is 2. The summed E-state index contributed by atoms with van der Waals surface area (Å²) in [4.78, 5) is 18.9. The first-order valence-electron chi connectivity index (χ1n) is 11.3. The predicted molar refractivity (Wildman–Crippen MR) is 135 cm³/mol. The van der Waals surface area contributed by atoms with Gasteiger partial charge in [-0.2, -0.15) is 0 Å². The number of hydrogen-bond donors (Lipinski definition) is 1. The zero-order chi connectivity index (χ0) is 24.3. The van der Waals surface area contributed by atoms with Gasteiger partial charge in [0, 0.05) is 30.2 Å². The standard InChI is InChI=1S/C27H33N3O4/c1-30(2)16-7-11-26(31)28-22-9-5-8-21(19-22)23-10-6-12-27(29-23)34-17-15-20-13-14-24(32-3)25(18-20)33-4/h5-6,8-10,12-14,18-19H,7,11,15-17H2,1-4H3,(H,28,31). The van der Waals surface area contributed by atoms with Crippen LogP contribution >= 0.6 is 0 Å². The average molecular weight is 464 g/mol. The van der Waals surface area contributed by atoms with E-state index in [0.29, 0.717) is 36.8 Å². The Bertz CT molecular complexity index is 1080. The maximum absolute atomic E-state index is 12.2. The SMILES string of the molecule is COc1ccc(CCOc2cccc(-c3cccc(NC(=O)CCCN(C)C)c3)n2)cc1OC. The summed E-state index contributed by atoms with van der Waals surface area (Å²) in [5, 5.41) is 2.97. The van der Waals surface area contributed by atoms with Crippen molar-refractivity contribution in [2.75, 3.05) is 46.8 Å². The number of rotatable bonds is 12. The maximum Gasteiger partial charge on any atom is 0.224 e. The van der Waals surface area contributed by atoms with E-state index in [2.05, 4.69) is 15.2 Å². The third kappa shape index (κ3) is 7.49. The summed E-state index contributed by atoms with van der Waals surface area (Å²) in [6.07, 6.45) is 2.02. The number of aromatic nitrogens is 1. The molecule has 0 spiro atoms. The summed E-state index contributed by atoms with van der Waals surface area (Å²) >= 11 is 0. The molecule has 0 aliphatic heterocycles. The van der Waals surface area contributed by atoms with Gasteiger partial charge in [-0.3, -0.25) is 4.79 Å². The first-order valence-corrected chi connectivity index (χ1v) is 11.3. The molecule has 0 bridgehead atoms. The van der Waals surface area contributed by atoms with Gasteiger partial charge in [0.25, 0.3) is 0 Å². The van der Waals surface area contributed by atoms with E-state index in [4.69, 9.17) is 14.2 Å². The number of carbonyl (C=O) groups is 1. The van der Waals surface area contributed by atoms with E-state index in [1.54, 1.807) is 14.2 Å². The third-order valence-corrected chi connectivity index (χ3v) is 5.26. The van der Waals surface area contributed by atoms with Gasteiger partial charge < -0.3 is 24.4 Å². The Morgan fingerprint density at radius 1 is 0.971 bits per heavy atom. The summed E-state index contributed by atoms with van der Waals surface area (Å²) in [5.74, 6) is 1.97. The molecule has 7 heteroatoms. The average Bonchev–Trinajstić information content (AvgIpc) is 2.84. The fourth-order valence-electron chi connectivity index (χ4n) is 3.50. The Labute approximate surface area is 201 Å². The lowest BCUT2D eigenvalue weighted by Gasteiger charge is -2.11. The monoisotopic (exact) mass is 463 g/mol. The van der Waals surface area contributed by atoms with Crippen LogP contribution in [0, 0.1) is 0 Å². The molecule has 1 amide bonds. The fourth-order valence-corrected chi connectivity index (χ4v) is 3.50. The van der Waals surface area contributed by atoms with E-state index in [9.17, 15) is 4.79 Å². The van der Waals surface area contributed by atoms with E-state index in [-0.39, 0.29) is 5.91 Å². The molecule has 0 saturated heterocycles. The molecule has 1 N–H and O–H groups in total. The van der Waals surface area contributed by atoms with Gasteiger partial charge in [-0.1, -0.05) is 24.3 Å². The Morgan fingerprint density at radius 3 is 2.53 bits per heavy atom. The molecule has 0 aliphatic carbocycles. The molecule has 3 aromatic rings. The molecule has 3 rings (SSSR count). The molecular weight excluding hydrogens is 430 g/mol. The molecule has 0 aliphatic rings. The molecule has 34 heavy (non-hydrogen) atoms. The van der Waals surface area contributed by atoms with Gasteiger partial charge in [-0.25, -0.2) is 4.98 Å². The number of ether oxygens (including phenoxy) is 3. The Hall–Kier alpha value is -3.58. The number of carbonyl (C=O) groups excluding carboxylic acids is 1. The summed E-state index contributed by atoms with van der Waals surface area (Å²) in [5.41, 5.74) is 3.54. The van der Waals surface area contributed by atoms with Gasteiger partial charge in [-0.15, -0.1) is 0 Å². The van der Waals surface area contributed by atoms with Gasteiger partial charge in [0.05, 0.1) is 26.5 Å². The van der Waals surface area contributed by atoms with Crippen molar-refractivity contribution in [1.29, 1.82) is 0 Å². The van der Waals surface area contributed by atoms with Crippen molar-refractivity contribution < 1.29 is 19.0 Å². The zero-order valence-electron chi connectivity index (χ0n) is 20.3. The van der Waals surface area contributed by atoms with Gasteiger partial charge >= 0.3 is 0 Å². The second-order valence-corrected chi connectivity index (χ2v) is 8.18. The van der Waals surface area contributed by atoms with Crippen molar-refractivity contribution in [3.8, 4) is 28.6 Å². The molecule has 180 valence electrons. The molecule has 0 atom stereocenters. The summed E-state index contributed by atoms with van der Waals surface area (Å²) in [7, 11) is 7.25. The van der Waals surface area contributed by atoms with Crippen LogP contribution in [0.4, 0.5) is 5.69 Å². The lowest BCUT2D eigenvalue weighted by atomic mass is 10.1. The van der Waals surface area contributed by atoms with E-state index in [0.717, 1.165) is 35.5 Å². The molecule has 2 aromatic carbocycles. The first-order chi connectivity index (χ1) is 16.5. The maximum atomic E-state index is 12.2. The molecule has 0 saturated carbocycles. The largest absolute Gasteiger partial charge is 0.493 e. The number of hydrogen-bond acceptors (Lipinski definition) is 6. The summed E-state index contributed by atoms with van der Waals surface area (Å²) in [6.45, 7) is 1.37. The smallest absolute Gasteiger partial charge is 0.224 e. The van der Waals surface area contributed by atoms with Crippen molar-refractivity contribution in [2.24, 2.45) is 0 Å². The molecule has 7 nitrogen and oxygen atoms in total. The van der Waals surface area contributed by atoms with Crippen LogP contribution in [-0.4, -0.2) is 57.3 Å². The first kappa shape index (κ1) is 25.1. The van der Waals surface area contributed by atoms with E-state index in [1.165, 1.54) is 0 Å². The number of amides is 1. The summed E-state index contributed by atoms with van der Waals surface area (Å²) < 4.78 is 16.6. The number of methoxy groups -OCH3 is 2. The Kier molecular flexibility index (Phi) is 9.29. The zero-order valence-corrected chi connectivity index (χ0v) is 20.3. The van der Waals surface area contributed by atoms with Crippen LogP contribution in [0.15, 0.2) is 60.7 Å². The van der Waals surface area contributed by atoms with Crippen LogP contribution in [0.25, 0.3) is 11.3 Å². The van der Waals surface area contributed by atoms with Crippen molar-refractivity contribution in [2.45, 2.75) is 19.3 Å². The van der Waals surface area contributed by atoms with Crippen LogP contribution in [0.2, 0.25) is 0 Å². The lowest BCUT2D eigenvalue weighted by molar-refractivity contribution is -0.116. The molecule has 0 fully saturated rings. The van der Waals surface area contributed by atoms with Crippen LogP contribution < -0.4 is 19.5 Å². The van der Waals surface area contributed by atoms with E-state index < -0.39 is 0 Å². The predicted octanol–water partition coefficient (Wildman–Crippen LogP) is 4.67. The number of nitrogens with one attached hydrogen (secondary N) is 1. The Balaban J connectivity index is 1.59. The number of pyridine rings is 1. The van der Waals surface area contributed by atoms with Crippen LogP contribution in [0.1, 0.15) is 18.4 Å². The highest BCUT2D eigenvalue weighted by Crippen LogP contribution is 2.28. The highest BCUT2D eigenvalue weighted by atomic mass is 16.5. The highest BCUT2D eigenvalue weighted by Gasteiger charge is 2.08. The van der Waals surface area contributed by atoms with Gasteiger partial charge in [0.1, 0.15) is 0 Å². The van der Waals surface area contributed by atoms with E-state index >= 15 is 0 Å². The van der Waals surface area contributed by atoms with Crippen molar-refractivity contribution in [1.82, 2.24) is 9.88 Å². The van der Waals surface area contributed by atoms with Crippen molar-refractivity contribution in [3.63, 3.8) is 0 Å². The Morgan fingerprint density at radius 2 is 1.76 bits per heavy atom. The van der Waals surface area contributed by atoms with Gasteiger partial charge in [0.2, 0.25) is 11.8 Å². The molecule has 0 unspecified atom stereocenters. The topological polar surface area (TPSA) is 72.9 Å². The van der Waals surface area contributed by atoms with Crippen molar-refractivity contribution in [3.05, 3.63) is 66.2 Å². The summed E-state index contributed by atoms with van der Waals surface area (Å²) in [6, 6.07) is 19.2. The fraction of sp³-hybridized carbons (Fsp3) is 0.333. The van der Waals surface area contributed by atoms with Gasteiger partial charge in [0.15, 0.2) is 11.5 Å². The minimum atomic E-state index is 0.0132. The number of nitrogens with zero attached hydrogens (tertiary/aromatic N) is 2. The van der Waals surface area contributed by atoms with Crippen LogP contribution in [0.5, 0.6) is 17.4 Å². The second kappa shape index (κ2) is 12.6. The quantitative estimate of drug-likeness (QED) is 0.421. The van der Waals surface area contributed by atoms with E-state index in [1.807, 2.05) is 74.8 Å². The minimum Gasteiger partial charge on any atom is -0.493 e. The minimum absolute atomic E-state index is 0.0132. The lowest BCUT2D eigenvalue weighted by Crippen LogP contribution is -2.17. The third-order valence-electron chi connectivity index (χ3n) is 5.26. The number of anilines is 1. The van der Waals surface area contributed by atoms with Crippen LogP contribution in [-0.2, 0) is 11.2 Å².